The van der Waals surface area contributed by atoms with E-state index < -0.39 is 9.84 Å². The van der Waals surface area contributed by atoms with Crippen LogP contribution in [0.15, 0.2) is 24.4 Å². The summed E-state index contributed by atoms with van der Waals surface area (Å²) < 4.78 is 45.0. The molecule has 3 aliphatic heterocycles. The first-order chi connectivity index (χ1) is 20.7. The van der Waals surface area contributed by atoms with Gasteiger partial charge in [0.2, 0.25) is 17.7 Å². The number of sulfone groups is 1. The highest BCUT2D eigenvalue weighted by molar-refractivity contribution is 7.89. The number of pyridine rings is 1. The van der Waals surface area contributed by atoms with Gasteiger partial charge in [0, 0.05) is 80.7 Å². The van der Waals surface area contributed by atoms with Crippen molar-refractivity contribution in [3.05, 3.63) is 41.3 Å². The molecule has 0 unspecified atom stereocenters. The van der Waals surface area contributed by atoms with Gasteiger partial charge in [-0.05, 0) is 62.3 Å². The molecule has 3 fully saturated rings. The Labute approximate surface area is 252 Å². The smallest absolute Gasteiger partial charge is 0.226 e. The normalized spacial score (nSPS) is 19.0. The molecule has 0 aliphatic carbocycles. The van der Waals surface area contributed by atoms with Gasteiger partial charge in [0.1, 0.15) is 5.82 Å². The van der Waals surface area contributed by atoms with Crippen LogP contribution in [0.5, 0.6) is 5.88 Å². The third-order valence-electron chi connectivity index (χ3n) is 8.78. The van der Waals surface area contributed by atoms with E-state index in [1.165, 1.54) is 19.4 Å². The number of fused-ring (bicyclic) bond motifs is 1. The van der Waals surface area contributed by atoms with Crippen LogP contribution in [0, 0.1) is 5.82 Å². The number of anilines is 1. The van der Waals surface area contributed by atoms with E-state index in [0.29, 0.717) is 46.6 Å². The molecule has 0 bridgehead atoms. The number of benzene rings is 1. The molecular formula is C31H39FN6O4S. The summed E-state index contributed by atoms with van der Waals surface area (Å²) in [5, 5.41) is 0.561. The van der Waals surface area contributed by atoms with Gasteiger partial charge in [-0.25, -0.2) is 27.8 Å². The van der Waals surface area contributed by atoms with Gasteiger partial charge in [-0.2, -0.15) is 0 Å². The van der Waals surface area contributed by atoms with Crippen LogP contribution in [0.4, 0.5) is 10.3 Å². The minimum absolute atomic E-state index is 0.231. The lowest BCUT2D eigenvalue weighted by Gasteiger charge is -2.36. The summed E-state index contributed by atoms with van der Waals surface area (Å²) in [4.78, 5) is 33.2. The average molecular weight is 611 g/mol. The second kappa shape index (κ2) is 12.3. The first kappa shape index (κ1) is 29.7. The fraction of sp³-hybridized carbons (Fsp3) is 0.548. The Morgan fingerprint density at radius 2 is 1.74 bits per heavy atom. The Morgan fingerprint density at radius 1 is 0.977 bits per heavy atom. The summed E-state index contributed by atoms with van der Waals surface area (Å²) in [6.07, 6.45) is 9.41. The number of nitrogens with zero attached hydrogens (tertiary/aromatic N) is 6. The first-order valence-corrected chi connectivity index (χ1v) is 17.2. The molecule has 3 aliphatic rings. The molecule has 0 spiro atoms. The molecule has 5 heterocycles. The highest BCUT2D eigenvalue weighted by Crippen LogP contribution is 2.34. The third-order valence-corrected chi connectivity index (χ3v) is 9.62. The van der Waals surface area contributed by atoms with Crippen molar-refractivity contribution in [2.24, 2.45) is 0 Å². The van der Waals surface area contributed by atoms with E-state index in [4.69, 9.17) is 14.7 Å². The second-order valence-electron chi connectivity index (χ2n) is 12.0. The van der Waals surface area contributed by atoms with Gasteiger partial charge in [0.15, 0.2) is 9.84 Å². The molecular weight excluding hydrogens is 571 g/mol. The van der Waals surface area contributed by atoms with Gasteiger partial charge in [-0.1, -0.05) is 0 Å². The van der Waals surface area contributed by atoms with Crippen LogP contribution < -0.4 is 9.64 Å². The molecule has 10 nitrogen and oxygen atoms in total. The number of methoxy groups -OCH3 is 1. The van der Waals surface area contributed by atoms with Gasteiger partial charge in [-0.15, -0.1) is 0 Å². The monoisotopic (exact) mass is 610 g/mol. The topological polar surface area (TPSA) is 109 Å². The van der Waals surface area contributed by atoms with Crippen molar-refractivity contribution in [3.8, 4) is 17.1 Å². The van der Waals surface area contributed by atoms with E-state index in [0.717, 1.165) is 76.8 Å². The number of amides is 1. The Bertz CT molecular complexity index is 1620. The highest BCUT2D eigenvalue weighted by Gasteiger charge is 2.31. The first-order valence-electron chi connectivity index (χ1n) is 15.2. The van der Waals surface area contributed by atoms with Crippen LogP contribution in [0.2, 0.25) is 0 Å². The van der Waals surface area contributed by atoms with Gasteiger partial charge in [0.25, 0.3) is 0 Å². The molecule has 12 heteroatoms. The zero-order valence-electron chi connectivity index (χ0n) is 24.9. The van der Waals surface area contributed by atoms with Crippen molar-refractivity contribution >= 4 is 32.6 Å². The zero-order chi connectivity index (χ0) is 30.1. The summed E-state index contributed by atoms with van der Waals surface area (Å²) in [5.74, 6) is 0.458. The van der Waals surface area contributed by atoms with Crippen LogP contribution in [0.1, 0.15) is 56.1 Å². The lowest BCUT2D eigenvalue weighted by molar-refractivity contribution is -0.130. The van der Waals surface area contributed by atoms with Crippen LogP contribution in [-0.4, -0.2) is 91.2 Å². The van der Waals surface area contributed by atoms with E-state index in [1.807, 2.05) is 4.90 Å². The van der Waals surface area contributed by atoms with Gasteiger partial charge in [0.05, 0.1) is 24.1 Å². The predicted octanol–water partition coefficient (Wildman–Crippen LogP) is 3.96. The van der Waals surface area contributed by atoms with Crippen molar-refractivity contribution in [1.29, 1.82) is 0 Å². The number of piperidine rings is 2. The molecule has 1 amide bonds. The van der Waals surface area contributed by atoms with Crippen LogP contribution in [-0.2, 0) is 26.9 Å². The lowest BCUT2D eigenvalue weighted by Crippen LogP contribution is -2.45. The molecule has 3 aromatic rings. The summed E-state index contributed by atoms with van der Waals surface area (Å²) in [5.41, 5.74) is 2.99. The number of hydrogen-bond donors (Lipinski definition) is 0. The molecule has 230 valence electrons. The molecule has 1 aromatic carbocycles. The van der Waals surface area contributed by atoms with Crippen molar-refractivity contribution in [1.82, 2.24) is 24.8 Å². The quantitative estimate of drug-likeness (QED) is 0.374. The second-order valence-corrected chi connectivity index (χ2v) is 14.2. The summed E-state index contributed by atoms with van der Waals surface area (Å²) in [6, 6.07) is 5.03. The van der Waals surface area contributed by atoms with E-state index in [1.54, 1.807) is 18.3 Å². The number of rotatable bonds is 8. The Hall–Kier alpha value is -3.38. The number of hydrogen-bond acceptors (Lipinski definition) is 9. The van der Waals surface area contributed by atoms with Crippen molar-refractivity contribution in [3.63, 3.8) is 0 Å². The molecule has 0 N–H and O–H groups in total. The summed E-state index contributed by atoms with van der Waals surface area (Å²) in [7, 11) is -1.91. The molecule has 0 radical (unpaired) electrons. The average Bonchev–Trinajstić information content (AvgIpc) is 3.42. The summed E-state index contributed by atoms with van der Waals surface area (Å²) >= 11 is 0. The van der Waals surface area contributed by atoms with Gasteiger partial charge < -0.3 is 14.5 Å². The Balaban J connectivity index is 1.39. The molecule has 43 heavy (non-hydrogen) atoms. The number of carbonyl (C=O) groups excluding carboxylic acids is 1. The zero-order valence-corrected chi connectivity index (χ0v) is 25.7. The number of ether oxygens (including phenoxy) is 1. The fourth-order valence-electron chi connectivity index (χ4n) is 6.71. The van der Waals surface area contributed by atoms with Crippen molar-refractivity contribution in [2.45, 2.75) is 63.3 Å². The summed E-state index contributed by atoms with van der Waals surface area (Å²) in [6.45, 7) is 4.70. The largest absolute Gasteiger partial charge is 0.481 e. The molecule has 6 rings (SSSR count). The van der Waals surface area contributed by atoms with Crippen molar-refractivity contribution < 1.29 is 22.3 Å². The van der Waals surface area contributed by atoms with Crippen LogP contribution in [0.25, 0.3) is 22.2 Å². The molecule has 0 saturated carbocycles. The highest BCUT2D eigenvalue weighted by atomic mass is 32.2. The number of halogens is 1. The molecule has 3 saturated heterocycles. The van der Waals surface area contributed by atoms with Gasteiger partial charge >= 0.3 is 0 Å². The minimum atomic E-state index is -3.37. The number of aromatic nitrogens is 3. The van der Waals surface area contributed by atoms with Crippen LogP contribution in [0.3, 0.4) is 0 Å². The minimum Gasteiger partial charge on any atom is -0.481 e. The maximum absolute atomic E-state index is 15.3. The van der Waals surface area contributed by atoms with E-state index in [-0.39, 0.29) is 29.4 Å². The van der Waals surface area contributed by atoms with E-state index in [9.17, 15) is 13.2 Å². The van der Waals surface area contributed by atoms with E-state index >= 15 is 4.39 Å². The number of likely N-dealkylation sites (tertiary alicyclic amines) is 2. The van der Waals surface area contributed by atoms with Gasteiger partial charge in [-0.3, -0.25) is 9.69 Å². The number of carbonyl (C=O) groups is 1. The Kier molecular flexibility index (Phi) is 8.50. The third kappa shape index (κ3) is 6.59. The van der Waals surface area contributed by atoms with Crippen molar-refractivity contribution in [2.75, 3.05) is 51.0 Å². The fourth-order valence-corrected chi connectivity index (χ4v) is 7.48. The molecule has 0 atom stereocenters. The maximum Gasteiger partial charge on any atom is 0.226 e. The predicted molar refractivity (Wildman–Crippen MR) is 163 cm³/mol. The standard InChI is InChI=1S/C31H39FN6O4S/c1-42-30-23(20-43(2,40)41)15-21(18-33-30)28-26-17-24(32)16-22(29(26)35-31(34-28)37-10-4-3-5-11-37)19-36-13-8-25(9-14-36)38-12-6-7-27(38)39/h15-18,25H,3-14,19-20H2,1-2H3. The molecule has 2 aromatic heterocycles. The SMILES string of the molecule is COc1ncc(-c2nc(N3CCCCC3)nc3c(CN4CCC(N5CCCC5=O)CC4)cc(F)cc23)cc1CS(C)(=O)=O. The van der Waals surface area contributed by atoms with Crippen LogP contribution >= 0.6 is 0 Å². The Morgan fingerprint density at radius 3 is 2.42 bits per heavy atom. The maximum atomic E-state index is 15.3. The lowest BCUT2D eigenvalue weighted by atomic mass is 10.0. The van der Waals surface area contributed by atoms with E-state index in [2.05, 4.69) is 14.8 Å².